The number of rotatable bonds is 7. The maximum absolute atomic E-state index is 14.1. The average molecular weight is 412 g/mol. The predicted molar refractivity (Wildman–Crippen MR) is 106 cm³/mol. The minimum absolute atomic E-state index is 0.0105. The van der Waals surface area contributed by atoms with Crippen molar-refractivity contribution in [3.63, 3.8) is 0 Å². The van der Waals surface area contributed by atoms with E-state index in [0.717, 1.165) is 30.3 Å². The summed E-state index contributed by atoms with van der Waals surface area (Å²) in [5, 5.41) is 2.98. The quantitative estimate of drug-likeness (QED) is 0.642. The number of amides is 1. The number of benzene rings is 1. The Balaban J connectivity index is 1.56. The molecular formula is C22H22F2N4O2. The molecule has 4 rings (SSSR count). The Kier molecular flexibility index (Phi) is 5.85. The van der Waals surface area contributed by atoms with Gasteiger partial charge in [0.05, 0.1) is 17.0 Å². The molecule has 156 valence electrons. The van der Waals surface area contributed by atoms with E-state index in [1.165, 1.54) is 0 Å². The van der Waals surface area contributed by atoms with Crippen LogP contribution in [0.25, 0.3) is 11.5 Å². The molecular weight excluding hydrogens is 390 g/mol. The lowest BCUT2D eigenvalue weighted by Gasteiger charge is -2.24. The molecule has 8 heteroatoms. The molecule has 1 fully saturated rings. The molecule has 3 heterocycles. The van der Waals surface area contributed by atoms with Crippen LogP contribution in [0.5, 0.6) is 0 Å². The molecule has 0 unspecified atom stereocenters. The minimum Gasteiger partial charge on any atom is -0.441 e. The van der Waals surface area contributed by atoms with Crippen LogP contribution < -0.4 is 5.32 Å². The van der Waals surface area contributed by atoms with Crippen LogP contribution in [-0.2, 0) is 17.9 Å². The third-order valence-electron chi connectivity index (χ3n) is 5.10. The van der Waals surface area contributed by atoms with Crippen LogP contribution in [0, 0.1) is 18.6 Å². The van der Waals surface area contributed by atoms with Crippen LogP contribution >= 0.6 is 0 Å². The second-order valence-corrected chi connectivity index (χ2v) is 7.44. The zero-order valence-corrected chi connectivity index (χ0v) is 16.6. The van der Waals surface area contributed by atoms with Gasteiger partial charge in [0.15, 0.2) is 0 Å². The second-order valence-electron chi connectivity index (χ2n) is 7.44. The molecule has 1 aromatic carbocycles. The van der Waals surface area contributed by atoms with E-state index in [2.05, 4.69) is 20.2 Å². The fraction of sp³-hybridized carbons (Fsp3) is 0.318. The first-order chi connectivity index (χ1) is 14.5. The van der Waals surface area contributed by atoms with Gasteiger partial charge in [-0.1, -0.05) is 6.07 Å². The van der Waals surface area contributed by atoms with Gasteiger partial charge in [0, 0.05) is 38.3 Å². The van der Waals surface area contributed by atoms with E-state index in [0.29, 0.717) is 37.5 Å². The standard InChI is InChI=1S/C22H22F2N4O2/c1-14-20(27-22(30-14)18-10-15(23)5-7-19(18)24)13-28(11-16-4-2-3-9-25-16)12-17-6-8-21(29)26-17/h2-5,7,9-10,17H,6,8,11-13H2,1H3,(H,26,29)/t17-/m0/s1. The molecule has 1 amide bonds. The van der Waals surface area contributed by atoms with Gasteiger partial charge < -0.3 is 9.73 Å². The predicted octanol–water partition coefficient (Wildman–Crippen LogP) is 3.60. The second kappa shape index (κ2) is 8.71. The molecule has 0 aliphatic carbocycles. The molecule has 0 spiro atoms. The Morgan fingerprint density at radius 1 is 1.23 bits per heavy atom. The first-order valence-electron chi connectivity index (χ1n) is 9.81. The molecule has 1 atom stereocenters. The van der Waals surface area contributed by atoms with Crippen molar-refractivity contribution in [3.8, 4) is 11.5 Å². The number of halogens is 2. The number of nitrogens with zero attached hydrogens (tertiary/aromatic N) is 3. The first-order valence-corrected chi connectivity index (χ1v) is 9.81. The summed E-state index contributed by atoms with van der Waals surface area (Å²) < 4.78 is 33.3. The minimum atomic E-state index is -0.594. The van der Waals surface area contributed by atoms with Crippen LogP contribution in [0.1, 0.15) is 30.0 Å². The molecule has 30 heavy (non-hydrogen) atoms. The lowest BCUT2D eigenvalue weighted by molar-refractivity contribution is -0.119. The topological polar surface area (TPSA) is 71.3 Å². The molecule has 0 saturated carbocycles. The third kappa shape index (κ3) is 4.71. The maximum atomic E-state index is 14.1. The lowest BCUT2D eigenvalue weighted by atomic mass is 10.2. The normalized spacial score (nSPS) is 16.3. The van der Waals surface area contributed by atoms with Crippen LogP contribution in [0.2, 0.25) is 0 Å². The van der Waals surface area contributed by atoms with Crippen LogP contribution in [0.3, 0.4) is 0 Å². The molecule has 3 aromatic rings. The van der Waals surface area contributed by atoms with E-state index in [-0.39, 0.29) is 23.4 Å². The van der Waals surface area contributed by atoms with E-state index in [4.69, 9.17) is 4.42 Å². The first kappa shape index (κ1) is 20.2. The van der Waals surface area contributed by atoms with E-state index in [1.807, 2.05) is 18.2 Å². The molecule has 1 saturated heterocycles. The SMILES string of the molecule is Cc1oc(-c2cc(F)ccc2F)nc1CN(Cc1ccccn1)C[C@@H]1CCC(=O)N1. The van der Waals surface area contributed by atoms with Gasteiger partial charge in [0.2, 0.25) is 11.8 Å². The maximum Gasteiger partial charge on any atom is 0.229 e. The average Bonchev–Trinajstić information content (AvgIpc) is 3.30. The highest BCUT2D eigenvalue weighted by atomic mass is 19.1. The summed E-state index contributed by atoms with van der Waals surface area (Å²) in [4.78, 5) is 22.5. The van der Waals surface area contributed by atoms with Crippen molar-refractivity contribution in [2.45, 2.75) is 38.9 Å². The number of aromatic nitrogens is 2. The van der Waals surface area contributed by atoms with E-state index < -0.39 is 11.6 Å². The van der Waals surface area contributed by atoms with Crippen molar-refractivity contribution in [1.82, 2.24) is 20.2 Å². The monoisotopic (exact) mass is 412 g/mol. The number of hydrogen-bond acceptors (Lipinski definition) is 5. The van der Waals surface area contributed by atoms with Crippen LogP contribution in [0.4, 0.5) is 8.78 Å². The van der Waals surface area contributed by atoms with Gasteiger partial charge in [-0.15, -0.1) is 0 Å². The summed E-state index contributed by atoms with van der Waals surface area (Å²) in [7, 11) is 0. The van der Waals surface area contributed by atoms with Gasteiger partial charge in [-0.3, -0.25) is 14.7 Å². The van der Waals surface area contributed by atoms with Crippen molar-refractivity contribution in [2.75, 3.05) is 6.54 Å². The Morgan fingerprint density at radius 2 is 2.10 bits per heavy atom. The summed E-state index contributed by atoms with van der Waals surface area (Å²) in [5.41, 5.74) is 1.51. The van der Waals surface area contributed by atoms with Crippen molar-refractivity contribution in [2.24, 2.45) is 0 Å². The summed E-state index contributed by atoms with van der Waals surface area (Å²) in [6.07, 6.45) is 3.03. The molecule has 1 N–H and O–H groups in total. The smallest absolute Gasteiger partial charge is 0.229 e. The summed E-state index contributed by atoms with van der Waals surface area (Å²) >= 11 is 0. The largest absolute Gasteiger partial charge is 0.441 e. The highest BCUT2D eigenvalue weighted by Gasteiger charge is 2.25. The van der Waals surface area contributed by atoms with Crippen LogP contribution in [0.15, 0.2) is 47.0 Å². The number of carbonyl (C=O) groups excluding carboxylic acids is 1. The Hall–Kier alpha value is -3.13. The fourth-order valence-electron chi connectivity index (χ4n) is 3.59. The van der Waals surface area contributed by atoms with Gasteiger partial charge in [0.25, 0.3) is 0 Å². The van der Waals surface area contributed by atoms with E-state index in [9.17, 15) is 13.6 Å². The number of aryl methyl sites for hydroxylation is 1. The number of oxazole rings is 1. The molecule has 0 bridgehead atoms. The third-order valence-corrected chi connectivity index (χ3v) is 5.10. The van der Waals surface area contributed by atoms with Gasteiger partial charge in [-0.05, 0) is 43.7 Å². The lowest BCUT2D eigenvalue weighted by Crippen LogP contribution is -2.38. The molecule has 0 radical (unpaired) electrons. The van der Waals surface area contributed by atoms with Crippen molar-refractivity contribution >= 4 is 5.91 Å². The van der Waals surface area contributed by atoms with E-state index >= 15 is 0 Å². The van der Waals surface area contributed by atoms with Crippen LogP contribution in [-0.4, -0.2) is 33.4 Å². The summed E-state index contributed by atoms with van der Waals surface area (Å²) in [6.45, 7) is 3.36. The Bertz CT molecular complexity index is 1040. The molecule has 6 nitrogen and oxygen atoms in total. The summed E-state index contributed by atoms with van der Waals surface area (Å²) in [6, 6.07) is 8.94. The van der Waals surface area contributed by atoms with Gasteiger partial charge >= 0.3 is 0 Å². The Labute approximate surface area is 172 Å². The number of hydrogen-bond donors (Lipinski definition) is 1. The van der Waals surface area contributed by atoms with E-state index in [1.54, 1.807) is 13.1 Å². The van der Waals surface area contributed by atoms with Gasteiger partial charge in [0.1, 0.15) is 17.4 Å². The molecule has 1 aliphatic rings. The van der Waals surface area contributed by atoms with Crippen molar-refractivity contribution in [3.05, 3.63) is 71.4 Å². The zero-order chi connectivity index (χ0) is 21.1. The molecule has 1 aliphatic heterocycles. The zero-order valence-electron chi connectivity index (χ0n) is 16.6. The van der Waals surface area contributed by atoms with Crippen molar-refractivity contribution in [1.29, 1.82) is 0 Å². The van der Waals surface area contributed by atoms with Crippen molar-refractivity contribution < 1.29 is 18.0 Å². The highest BCUT2D eigenvalue weighted by molar-refractivity contribution is 5.78. The Morgan fingerprint density at radius 3 is 2.83 bits per heavy atom. The summed E-state index contributed by atoms with van der Waals surface area (Å²) in [5.74, 6) is -0.512. The molecule has 2 aromatic heterocycles. The highest BCUT2D eigenvalue weighted by Crippen LogP contribution is 2.26. The number of nitrogens with one attached hydrogen (secondary N) is 1. The van der Waals surface area contributed by atoms with Gasteiger partial charge in [-0.2, -0.15) is 0 Å². The van der Waals surface area contributed by atoms with Gasteiger partial charge in [-0.25, -0.2) is 13.8 Å². The number of carbonyl (C=O) groups is 1. The fourth-order valence-corrected chi connectivity index (χ4v) is 3.59. The number of pyridine rings is 1.